The van der Waals surface area contributed by atoms with Crippen molar-refractivity contribution in [2.75, 3.05) is 26.4 Å². The fourth-order valence-electron chi connectivity index (χ4n) is 8.39. The lowest BCUT2D eigenvalue weighted by molar-refractivity contribution is -0.161. The number of carbonyl (C=O) groups excluding carboxylic acids is 3. The molecule has 0 bridgehead atoms. The van der Waals surface area contributed by atoms with Gasteiger partial charge in [0.2, 0.25) is 0 Å². The van der Waals surface area contributed by atoms with E-state index in [0.717, 1.165) is 89.9 Å². The molecule has 2 N–H and O–H groups in total. The SMILES string of the molecule is CCCC/C=C\CCCCCCCC(=O)OC(CO)COP(=O)(O)OCC(COC(=O)CCCCCCCCC/C=C\CCCCCCCC)OC(=O)CCCCCCCCC/C=C\CCCCCCCC. The Bertz CT molecular complexity index is 1350. The van der Waals surface area contributed by atoms with Gasteiger partial charge in [0.1, 0.15) is 12.7 Å². The van der Waals surface area contributed by atoms with E-state index in [-0.39, 0.29) is 25.9 Å². The molecule has 0 aromatic carbocycles. The molecule has 11 nitrogen and oxygen atoms in total. The van der Waals surface area contributed by atoms with E-state index in [1.807, 2.05) is 0 Å². The summed E-state index contributed by atoms with van der Waals surface area (Å²) in [6.45, 7) is 4.61. The maximum absolute atomic E-state index is 12.9. The first-order chi connectivity index (χ1) is 35.2. The molecular weight excluding hydrogens is 928 g/mol. The van der Waals surface area contributed by atoms with Crippen molar-refractivity contribution in [2.24, 2.45) is 0 Å². The molecular formula is C60H111O11P. The highest BCUT2D eigenvalue weighted by Crippen LogP contribution is 2.43. The van der Waals surface area contributed by atoms with Crippen LogP contribution in [0.1, 0.15) is 290 Å². The largest absolute Gasteiger partial charge is 0.472 e. The van der Waals surface area contributed by atoms with Crippen molar-refractivity contribution >= 4 is 25.7 Å². The Balaban J connectivity index is 4.71. The van der Waals surface area contributed by atoms with Gasteiger partial charge in [-0.2, -0.15) is 0 Å². The monoisotopic (exact) mass is 1040 g/mol. The Labute approximate surface area is 441 Å². The number of rotatable bonds is 56. The topological polar surface area (TPSA) is 155 Å². The summed E-state index contributed by atoms with van der Waals surface area (Å²) in [6, 6.07) is 0. The van der Waals surface area contributed by atoms with E-state index in [9.17, 15) is 28.9 Å². The summed E-state index contributed by atoms with van der Waals surface area (Å²) in [5.74, 6) is -1.47. The van der Waals surface area contributed by atoms with Gasteiger partial charge < -0.3 is 24.2 Å². The van der Waals surface area contributed by atoms with Crippen LogP contribution >= 0.6 is 7.82 Å². The number of hydrogen-bond acceptors (Lipinski definition) is 10. The minimum atomic E-state index is -4.75. The van der Waals surface area contributed by atoms with Gasteiger partial charge in [0.05, 0.1) is 19.8 Å². The predicted octanol–water partition coefficient (Wildman–Crippen LogP) is 17.6. The van der Waals surface area contributed by atoms with Crippen molar-refractivity contribution < 1.29 is 52.2 Å². The highest BCUT2D eigenvalue weighted by Gasteiger charge is 2.28. The van der Waals surface area contributed by atoms with E-state index in [4.69, 9.17) is 23.3 Å². The zero-order valence-corrected chi connectivity index (χ0v) is 47.6. The van der Waals surface area contributed by atoms with Crippen molar-refractivity contribution in [2.45, 2.75) is 303 Å². The highest BCUT2D eigenvalue weighted by molar-refractivity contribution is 7.47. The van der Waals surface area contributed by atoms with Gasteiger partial charge in [0, 0.05) is 19.3 Å². The van der Waals surface area contributed by atoms with Crippen molar-refractivity contribution in [3.8, 4) is 0 Å². The van der Waals surface area contributed by atoms with E-state index in [1.54, 1.807) is 0 Å². The molecule has 0 amide bonds. The molecule has 0 heterocycles. The quantitative estimate of drug-likeness (QED) is 0.0197. The summed E-state index contributed by atoms with van der Waals surface area (Å²) in [5.41, 5.74) is 0. The molecule has 0 aliphatic heterocycles. The van der Waals surface area contributed by atoms with E-state index in [0.29, 0.717) is 19.3 Å². The Morgan fingerprint density at radius 3 is 1.00 bits per heavy atom. The molecule has 72 heavy (non-hydrogen) atoms. The summed E-state index contributed by atoms with van der Waals surface area (Å²) in [6.07, 6.45) is 56.7. The average molecular weight is 1040 g/mol. The Kier molecular flexibility index (Phi) is 53.2. The summed E-state index contributed by atoms with van der Waals surface area (Å²) in [5, 5.41) is 9.79. The molecule has 422 valence electrons. The zero-order chi connectivity index (χ0) is 52.7. The van der Waals surface area contributed by atoms with E-state index < -0.39 is 57.8 Å². The number of unbranched alkanes of at least 4 members (excludes halogenated alkanes) is 33. The molecule has 0 saturated carbocycles. The second kappa shape index (κ2) is 54.9. The van der Waals surface area contributed by atoms with E-state index >= 15 is 0 Å². The first-order valence-corrected chi connectivity index (χ1v) is 31.4. The van der Waals surface area contributed by atoms with E-state index in [1.165, 1.54) is 141 Å². The maximum Gasteiger partial charge on any atom is 0.472 e. The van der Waals surface area contributed by atoms with Gasteiger partial charge in [-0.1, -0.05) is 218 Å². The number of carbonyl (C=O) groups is 3. The van der Waals surface area contributed by atoms with Gasteiger partial charge in [-0.25, -0.2) is 4.57 Å². The molecule has 12 heteroatoms. The van der Waals surface area contributed by atoms with Crippen LogP contribution in [0.3, 0.4) is 0 Å². The summed E-state index contributed by atoms with van der Waals surface area (Å²) < 4.78 is 39.5. The number of ether oxygens (including phenoxy) is 3. The number of hydrogen-bond donors (Lipinski definition) is 2. The number of aliphatic hydroxyl groups is 1. The molecule has 3 unspecified atom stereocenters. The molecule has 0 rings (SSSR count). The van der Waals surface area contributed by atoms with Gasteiger partial charge in [0.25, 0.3) is 0 Å². The summed E-state index contributed by atoms with van der Waals surface area (Å²) in [4.78, 5) is 48.5. The molecule has 0 radical (unpaired) electrons. The van der Waals surface area contributed by atoms with Crippen LogP contribution in [0.5, 0.6) is 0 Å². The molecule has 3 atom stereocenters. The number of allylic oxidation sites excluding steroid dienone is 6. The van der Waals surface area contributed by atoms with Crippen molar-refractivity contribution in [1.82, 2.24) is 0 Å². The lowest BCUT2D eigenvalue weighted by Crippen LogP contribution is -2.30. The minimum Gasteiger partial charge on any atom is -0.462 e. The second-order valence-electron chi connectivity index (χ2n) is 20.2. The van der Waals surface area contributed by atoms with Gasteiger partial charge in [-0.3, -0.25) is 23.4 Å². The first-order valence-electron chi connectivity index (χ1n) is 29.9. The van der Waals surface area contributed by atoms with Gasteiger partial charge in [-0.15, -0.1) is 0 Å². The molecule has 0 aliphatic rings. The van der Waals surface area contributed by atoms with Crippen molar-refractivity contribution in [3.05, 3.63) is 36.5 Å². The lowest BCUT2D eigenvalue weighted by Gasteiger charge is -2.21. The smallest absolute Gasteiger partial charge is 0.462 e. The number of aliphatic hydroxyl groups excluding tert-OH is 1. The molecule has 0 aliphatic carbocycles. The van der Waals surface area contributed by atoms with Crippen LogP contribution in [0.4, 0.5) is 0 Å². The van der Waals surface area contributed by atoms with Crippen molar-refractivity contribution in [3.63, 3.8) is 0 Å². The van der Waals surface area contributed by atoms with Gasteiger partial charge >= 0.3 is 25.7 Å². The van der Waals surface area contributed by atoms with Crippen LogP contribution in [0, 0.1) is 0 Å². The Morgan fingerprint density at radius 2 is 0.653 bits per heavy atom. The van der Waals surface area contributed by atoms with Crippen LogP contribution in [0.2, 0.25) is 0 Å². The molecule has 0 aromatic heterocycles. The number of phosphoric ester groups is 1. The number of esters is 3. The zero-order valence-electron chi connectivity index (χ0n) is 46.7. The third-order valence-electron chi connectivity index (χ3n) is 13.0. The van der Waals surface area contributed by atoms with Crippen LogP contribution in [-0.2, 0) is 42.2 Å². The summed E-state index contributed by atoms with van der Waals surface area (Å²) >= 11 is 0. The fourth-order valence-corrected chi connectivity index (χ4v) is 9.17. The van der Waals surface area contributed by atoms with Crippen LogP contribution in [0.25, 0.3) is 0 Å². The van der Waals surface area contributed by atoms with Crippen LogP contribution in [0.15, 0.2) is 36.5 Å². The molecule has 0 aromatic rings. The van der Waals surface area contributed by atoms with Crippen LogP contribution in [-0.4, -0.2) is 66.5 Å². The van der Waals surface area contributed by atoms with Crippen LogP contribution < -0.4 is 0 Å². The average Bonchev–Trinajstić information content (AvgIpc) is 3.37. The summed E-state index contributed by atoms with van der Waals surface area (Å²) in [7, 11) is -4.75. The Morgan fingerprint density at radius 1 is 0.375 bits per heavy atom. The minimum absolute atomic E-state index is 0.164. The predicted molar refractivity (Wildman–Crippen MR) is 298 cm³/mol. The van der Waals surface area contributed by atoms with Crippen molar-refractivity contribution in [1.29, 1.82) is 0 Å². The molecule has 0 saturated heterocycles. The second-order valence-corrected chi connectivity index (χ2v) is 21.6. The third kappa shape index (κ3) is 52.6. The first kappa shape index (κ1) is 69.7. The standard InChI is InChI=1S/C60H111O11P/c1-4-7-10-13-16-19-22-24-26-28-30-32-35-37-40-43-46-49-58(62)67-53-57(71-60(64)51-48-45-42-39-36-33-31-29-27-25-23-20-17-14-11-8-5-2)55-69-72(65,66)68-54-56(52-61)70-59(63)50-47-44-41-38-34-21-18-15-12-9-6-3/h15,18,24-27,56-57,61H,4-14,16-17,19-23,28-55H2,1-3H3,(H,65,66)/b18-15-,26-24-,27-25-. The van der Waals surface area contributed by atoms with Gasteiger partial charge in [-0.05, 0) is 89.9 Å². The molecule has 0 spiro atoms. The van der Waals surface area contributed by atoms with E-state index in [2.05, 4.69) is 57.2 Å². The van der Waals surface area contributed by atoms with Gasteiger partial charge in [0.15, 0.2) is 6.10 Å². The third-order valence-corrected chi connectivity index (χ3v) is 14.0. The number of phosphoric acid groups is 1. The lowest BCUT2D eigenvalue weighted by atomic mass is 10.1. The highest BCUT2D eigenvalue weighted by atomic mass is 31.2. The Hall–Kier alpha value is -2.30. The normalized spacial score (nSPS) is 13.6. The maximum atomic E-state index is 12.9. The fraction of sp³-hybridized carbons (Fsp3) is 0.850. The molecule has 0 fully saturated rings.